The van der Waals surface area contributed by atoms with Gasteiger partial charge < -0.3 is 24.6 Å². The smallest absolute Gasteiger partial charge is 0.399 e. The molecule has 2 aliphatic heterocycles. The Hall–Kier alpha value is -1.61. The number of nitrogens with one attached hydrogen (secondary N) is 1. The third-order valence-corrected chi connectivity index (χ3v) is 8.13. The highest BCUT2D eigenvalue weighted by Crippen LogP contribution is 2.36. The van der Waals surface area contributed by atoms with E-state index in [0.717, 1.165) is 31.6 Å². The van der Waals surface area contributed by atoms with Gasteiger partial charge in [-0.2, -0.15) is 0 Å². The number of hydrogen-bond acceptors (Lipinski definition) is 6. The summed E-state index contributed by atoms with van der Waals surface area (Å²) in [7, 11) is -0.338. The first kappa shape index (κ1) is 27.0. The Labute approximate surface area is 206 Å². The van der Waals surface area contributed by atoms with Crippen LogP contribution in [-0.4, -0.2) is 78.6 Å². The molecule has 1 aromatic carbocycles. The van der Waals surface area contributed by atoms with Gasteiger partial charge in [0.1, 0.15) is 0 Å². The lowest BCUT2D eigenvalue weighted by molar-refractivity contribution is -0.129. The van der Waals surface area contributed by atoms with Gasteiger partial charge >= 0.3 is 7.12 Å². The lowest BCUT2D eigenvalue weighted by Crippen LogP contribution is -2.56. The summed E-state index contributed by atoms with van der Waals surface area (Å²) < 4.78 is 12.3. The van der Waals surface area contributed by atoms with Crippen LogP contribution in [0.4, 0.5) is 5.69 Å². The van der Waals surface area contributed by atoms with Crippen LogP contribution in [0.3, 0.4) is 0 Å². The molecule has 3 unspecified atom stereocenters. The van der Waals surface area contributed by atoms with Crippen LogP contribution in [0.15, 0.2) is 24.3 Å². The molecule has 0 aromatic heterocycles. The third kappa shape index (κ3) is 5.78. The van der Waals surface area contributed by atoms with E-state index >= 15 is 0 Å². The first-order valence-corrected chi connectivity index (χ1v) is 12.8. The molecule has 0 aliphatic carbocycles. The summed E-state index contributed by atoms with van der Waals surface area (Å²) in [5.74, 6) is -0.413. The maximum Gasteiger partial charge on any atom is 0.494 e. The van der Waals surface area contributed by atoms with Gasteiger partial charge in [0.15, 0.2) is 0 Å². The number of nitrogens with zero attached hydrogens (tertiary/aromatic N) is 2. The van der Waals surface area contributed by atoms with Crippen molar-refractivity contribution in [2.45, 2.75) is 91.2 Å². The average molecular weight is 473 g/mol. The van der Waals surface area contributed by atoms with Crippen LogP contribution in [-0.2, 0) is 14.1 Å². The van der Waals surface area contributed by atoms with Crippen molar-refractivity contribution in [3.63, 3.8) is 0 Å². The fraction of sp³-hybridized carbons (Fsp3) is 0.731. The molecule has 2 aliphatic rings. The molecule has 4 atom stereocenters. The van der Waals surface area contributed by atoms with Crippen molar-refractivity contribution < 1.29 is 19.2 Å². The van der Waals surface area contributed by atoms with Crippen LogP contribution < -0.4 is 15.7 Å². The Morgan fingerprint density at radius 1 is 1.03 bits per heavy atom. The standard InChI is InChI=1S/C26H44BN3O4/c1-9-23(20(4)31)24(32)28-18(2)19(3)29-14-16-30(17-15-29)22-12-10-21(11-13-22)27-33-25(5,6)26(7,8)34-27/h10-13,18-20,23,31H,9,14-17H2,1-8H3,(H,28,32)/t18-,19?,20?,23?/m1/s1. The lowest BCUT2D eigenvalue weighted by Gasteiger charge is -2.41. The Bertz CT molecular complexity index is 806. The normalized spacial score (nSPS) is 23.9. The summed E-state index contributed by atoms with van der Waals surface area (Å²) >= 11 is 0. The summed E-state index contributed by atoms with van der Waals surface area (Å²) in [5.41, 5.74) is 1.57. The number of carbonyl (C=O) groups excluding carboxylic acids is 1. The summed E-state index contributed by atoms with van der Waals surface area (Å²) in [6, 6.07) is 8.77. The molecule has 1 amide bonds. The number of carbonyl (C=O) groups is 1. The largest absolute Gasteiger partial charge is 0.494 e. The Kier molecular flexibility index (Phi) is 8.39. The molecular formula is C26H44BN3O4. The molecule has 190 valence electrons. The van der Waals surface area contributed by atoms with Crippen molar-refractivity contribution in [2.75, 3.05) is 31.1 Å². The van der Waals surface area contributed by atoms with Crippen LogP contribution in [0.1, 0.15) is 61.8 Å². The quantitative estimate of drug-likeness (QED) is 0.565. The van der Waals surface area contributed by atoms with E-state index in [9.17, 15) is 9.90 Å². The molecule has 3 rings (SSSR count). The number of anilines is 1. The molecule has 2 N–H and O–H groups in total. The molecule has 0 bridgehead atoms. The highest BCUT2D eigenvalue weighted by atomic mass is 16.7. The number of piperazine rings is 1. The van der Waals surface area contributed by atoms with Gasteiger partial charge in [0.25, 0.3) is 0 Å². The molecule has 2 saturated heterocycles. The molecule has 0 saturated carbocycles. The van der Waals surface area contributed by atoms with E-state index in [-0.39, 0.29) is 42.2 Å². The second kappa shape index (κ2) is 10.6. The van der Waals surface area contributed by atoms with E-state index in [1.807, 2.05) is 6.92 Å². The van der Waals surface area contributed by atoms with Crippen LogP contribution in [0, 0.1) is 5.92 Å². The van der Waals surface area contributed by atoms with Crippen molar-refractivity contribution in [3.8, 4) is 0 Å². The molecular weight excluding hydrogens is 429 g/mol. The van der Waals surface area contributed by atoms with Crippen molar-refractivity contribution in [2.24, 2.45) is 5.92 Å². The van der Waals surface area contributed by atoms with Gasteiger partial charge in [-0.05, 0) is 72.5 Å². The summed E-state index contributed by atoms with van der Waals surface area (Å²) in [5, 5.41) is 13.0. The van der Waals surface area contributed by atoms with E-state index in [2.05, 4.69) is 80.9 Å². The topological polar surface area (TPSA) is 74.3 Å². The molecule has 2 heterocycles. The minimum atomic E-state index is -0.632. The summed E-state index contributed by atoms with van der Waals surface area (Å²) in [6.07, 6.45) is 0.00329. The average Bonchev–Trinajstić information content (AvgIpc) is 3.00. The van der Waals surface area contributed by atoms with Crippen molar-refractivity contribution in [3.05, 3.63) is 24.3 Å². The van der Waals surface area contributed by atoms with Crippen molar-refractivity contribution >= 4 is 24.2 Å². The number of amides is 1. The van der Waals surface area contributed by atoms with Crippen molar-refractivity contribution in [1.29, 1.82) is 0 Å². The first-order chi connectivity index (χ1) is 15.9. The molecule has 0 radical (unpaired) electrons. The number of rotatable bonds is 8. The molecule has 34 heavy (non-hydrogen) atoms. The van der Waals surface area contributed by atoms with Crippen LogP contribution in [0.25, 0.3) is 0 Å². The fourth-order valence-electron chi connectivity index (χ4n) is 4.72. The fourth-order valence-corrected chi connectivity index (χ4v) is 4.72. The Morgan fingerprint density at radius 2 is 1.56 bits per heavy atom. The highest BCUT2D eigenvalue weighted by molar-refractivity contribution is 6.62. The summed E-state index contributed by atoms with van der Waals surface area (Å²) in [4.78, 5) is 17.4. The monoisotopic (exact) mass is 473 g/mol. The first-order valence-electron chi connectivity index (χ1n) is 12.8. The second-order valence-corrected chi connectivity index (χ2v) is 11.0. The SMILES string of the molecule is CCC(C(=O)N[C@H](C)C(C)N1CCN(c2ccc(B3OC(C)(C)C(C)(C)O3)cc2)CC1)C(C)O. The molecule has 1 aromatic rings. The second-order valence-electron chi connectivity index (χ2n) is 11.0. The zero-order valence-corrected chi connectivity index (χ0v) is 22.3. The number of benzene rings is 1. The van der Waals surface area contributed by atoms with Gasteiger partial charge in [0.05, 0.1) is 23.2 Å². The number of aliphatic hydroxyl groups excluding tert-OH is 1. The van der Waals surface area contributed by atoms with Gasteiger partial charge in [-0.15, -0.1) is 0 Å². The van der Waals surface area contributed by atoms with E-state index in [4.69, 9.17) is 9.31 Å². The third-order valence-electron chi connectivity index (χ3n) is 8.13. The van der Waals surface area contributed by atoms with E-state index in [1.165, 1.54) is 5.69 Å². The van der Waals surface area contributed by atoms with E-state index < -0.39 is 6.10 Å². The van der Waals surface area contributed by atoms with E-state index in [0.29, 0.717) is 6.42 Å². The Balaban J connectivity index is 1.52. The predicted octanol–water partition coefficient (Wildman–Crippen LogP) is 2.41. The summed E-state index contributed by atoms with van der Waals surface area (Å²) in [6.45, 7) is 19.9. The van der Waals surface area contributed by atoms with E-state index in [1.54, 1.807) is 6.92 Å². The van der Waals surface area contributed by atoms with Crippen LogP contribution in [0.5, 0.6) is 0 Å². The Morgan fingerprint density at radius 3 is 2.03 bits per heavy atom. The predicted molar refractivity (Wildman–Crippen MR) is 138 cm³/mol. The van der Waals surface area contributed by atoms with Gasteiger partial charge in [-0.25, -0.2) is 0 Å². The molecule has 8 heteroatoms. The minimum Gasteiger partial charge on any atom is -0.399 e. The zero-order valence-electron chi connectivity index (χ0n) is 22.3. The van der Waals surface area contributed by atoms with Crippen LogP contribution in [0.2, 0.25) is 0 Å². The number of hydrogen-bond donors (Lipinski definition) is 2. The van der Waals surface area contributed by atoms with Gasteiger partial charge in [-0.1, -0.05) is 19.1 Å². The van der Waals surface area contributed by atoms with Crippen molar-refractivity contribution in [1.82, 2.24) is 10.2 Å². The zero-order chi connectivity index (χ0) is 25.3. The molecule has 0 spiro atoms. The maximum atomic E-state index is 12.5. The van der Waals surface area contributed by atoms with Gasteiger partial charge in [0, 0.05) is 44.0 Å². The maximum absolute atomic E-state index is 12.5. The lowest BCUT2D eigenvalue weighted by atomic mass is 9.79. The van der Waals surface area contributed by atoms with Gasteiger partial charge in [-0.3, -0.25) is 9.69 Å². The van der Waals surface area contributed by atoms with Gasteiger partial charge in [0.2, 0.25) is 5.91 Å². The highest BCUT2D eigenvalue weighted by Gasteiger charge is 2.51. The molecule has 2 fully saturated rings. The minimum absolute atomic E-state index is 0.0195. The number of aliphatic hydroxyl groups is 1. The van der Waals surface area contributed by atoms with Crippen LogP contribution >= 0.6 is 0 Å². The molecule has 7 nitrogen and oxygen atoms in total.